The van der Waals surface area contributed by atoms with Crippen LogP contribution in [0.15, 0.2) is 54.6 Å². The number of hydrogen-bond acceptors (Lipinski definition) is 4. The van der Waals surface area contributed by atoms with Crippen LogP contribution in [0.2, 0.25) is 0 Å². The Morgan fingerprint density at radius 2 is 1.54 bits per heavy atom. The van der Waals surface area contributed by atoms with Gasteiger partial charge in [-0.15, -0.1) is 0 Å². The summed E-state index contributed by atoms with van der Waals surface area (Å²) in [6, 6.07) is 17.3. The van der Waals surface area contributed by atoms with E-state index in [1.807, 2.05) is 59.5 Å². The highest BCUT2D eigenvalue weighted by Crippen LogP contribution is 2.19. The van der Waals surface area contributed by atoms with Crippen LogP contribution < -0.4 is 4.74 Å². The zero-order chi connectivity index (χ0) is 19.8. The molecule has 2 aromatic carbocycles. The standard InChI is InChI=1S/C22H26N2O4/c1-27-20-10-6-5-9-19(20)11-12-21(25)23-13-15-24(16-14-23)22(26)28-17-18-7-3-2-4-8-18/h2-10H,11-17H2,1H3. The molecule has 0 saturated carbocycles. The first-order valence-corrected chi connectivity index (χ1v) is 9.52. The van der Waals surface area contributed by atoms with Crippen LogP contribution in [0.25, 0.3) is 0 Å². The molecule has 1 aliphatic rings. The number of methoxy groups -OCH3 is 1. The Labute approximate surface area is 165 Å². The SMILES string of the molecule is COc1ccccc1CCC(=O)N1CCN(C(=O)OCc2ccccc2)CC1. The number of piperazine rings is 1. The molecule has 6 nitrogen and oxygen atoms in total. The van der Waals surface area contributed by atoms with Gasteiger partial charge >= 0.3 is 6.09 Å². The number of ether oxygens (including phenoxy) is 2. The molecular formula is C22H26N2O4. The highest BCUT2D eigenvalue weighted by atomic mass is 16.6. The van der Waals surface area contributed by atoms with Gasteiger partial charge in [-0.3, -0.25) is 4.79 Å². The van der Waals surface area contributed by atoms with Gasteiger partial charge in [0.15, 0.2) is 0 Å². The lowest BCUT2D eigenvalue weighted by Crippen LogP contribution is -2.50. The molecule has 28 heavy (non-hydrogen) atoms. The van der Waals surface area contributed by atoms with Crippen LogP contribution in [0.3, 0.4) is 0 Å². The number of para-hydroxylation sites is 1. The molecule has 3 rings (SSSR count). The van der Waals surface area contributed by atoms with Crippen LogP contribution in [0.4, 0.5) is 4.79 Å². The largest absolute Gasteiger partial charge is 0.496 e. The Hall–Kier alpha value is -3.02. The predicted octanol–water partition coefficient (Wildman–Crippen LogP) is 3.11. The molecule has 0 atom stereocenters. The van der Waals surface area contributed by atoms with Crippen molar-refractivity contribution in [1.82, 2.24) is 9.80 Å². The summed E-state index contributed by atoms with van der Waals surface area (Å²) in [7, 11) is 1.64. The summed E-state index contributed by atoms with van der Waals surface area (Å²) in [5, 5.41) is 0. The molecule has 0 N–H and O–H groups in total. The van der Waals surface area contributed by atoms with Crippen LogP contribution in [0.1, 0.15) is 17.5 Å². The van der Waals surface area contributed by atoms with Crippen molar-refractivity contribution in [3.05, 3.63) is 65.7 Å². The fraction of sp³-hybridized carbons (Fsp3) is 0.364. The van der Waals surface area contributed by atoms with E-state index in [1.165, 1.54) is 0 Å². The van der Waals surface area contributed by atoms with Crippen molar-refractivity contribution >= 4 is 12.0 Å². The molecule has 0 bridgehead atoms. The van der Waals surface area contributed by atoms with Crippen LogP contribution in [0.5, 0.6) is 5.75 Å². The third kappa shape index (κ3) is 5.25. The van der Waals surface area contributed by atoms with Crippen LogP contribution in [-0.2, 0) is 22.6 Å². The van der Waals surface area contributed by atoms with Gasteiger partial charge in [-0.05, 0) is 23.6 Å². The number of nitrogens with zero attached hydrogens (tertiary/aromatic N) is 2. The summed E-state index contributed by atoms with van der Waals surface area (Å²) in [6.07, 6.45) is 0.742. The van der Waals surface area contributed by atoms with Gasteiger partial charge in [-0.2, -0.15) is 0 Å². The number of amides is 2. The third-order valence-electron chi connectivity index (χ3n) is 4.90. The Morgan fingerprint density at radius 3 is 2.25 bits per heavy atom. The summed E-state index contributed by atoms with van der Waals surface area (Å²) in [4.78, 5) is 28.2. The maximum atomic E-state index is 12.5. The van der Waals surface area contributed by atoms with Crippen LogP contribution in [-0.4, -0.2) is 55.1 Å². The molecule has 0 aromatic heterocycles. The first kappa shape index (κ1) is 19.7. The van der Waals surface area contributed by atoms with E-state index in [0.717, 1.165) is 16.9 Å². The van der Waals surface area contributed by atoms with Gasteiger partial charge in [-0.1, -0.05) is 48.5 Å². The van der Waals surface area contributed by atoms with Gasteiger partial charge in [0.1, 0.15) is 12.4 Å². The van der Waals surface area contributed by atoms with E-state index < -0.39 is 0 Å². The van der Waals surface area contributed by atoms with Crippen LogP contribution in [0, 0.1) is 0 Å². The van der Waals surface area contributed by atoms with Crippen molar-refractivity contribution in [1.29, 1.82) is 0 Å². The topological polar surface area (TPSA) is 59.1 Å². The van der Waals surface area contributed by atoms with Crippen molar-refractivity contribution in [2.45, 2.75) is 19.4 Å². The zero-order valence-electron chi connectivity index (χ0n) is 16.2. The number of hydrogen-bond donors (Lipinski definition) is 0. The number of rotatable bonds is 6. The van der Waals surface area contributed by atoms with E-state index >= 15 is 0 Å². The van der Waals surface area contributed by atoms with E-state index in [4.69, 9.17) is 9.47 Å². The normalized spacial score (nSPS) is 13.9. The highest BCUT2D eigenvalue weighted by molar-refractivity contribution is 5.77. The minimum absolute atomic E-state index is 0.100. The summed E-state index contributed by atoms with van der Waals surface area (Å²) in [6.45, 7) is 2.32. The maximum absolute atomic E-state index is 12.5. The van der Waals surface area contributed by atoms with Crippen LogP contribution >= 0.6 is 0 Å². The molecular weight excluding hydrogens is 356 g/mol. The average molecular weight is 382 g/mol. The van der Waals surface area contributed by atoms with E-state index in [2.05, 4.69) is 0 Å². The smallest absolute Gasteiger partial charge is 0.410 e. The molecule has 0 unspecified atom stereocenters. The molecule has 0 aliphatic carbocycles. The van der Waals surface area contributed by atoms with Crippen molar-refractivity contribution in [2.24, 2.45) is 0 Å². The lowest BCUT2D eigenvalue weighted by atomic mass is 10.1. The fourth-order valence-corrected chi connectivity index (χ4v) is 3.26. The summed E-state index contributed by atoms with van der Waals surface area (Å²) in [5.41, 5.74) is 1.99. The number of carbonyl (C=O) groups excluding carboxylic acids is 2. The Morgan fingerprint density at radius 1 is 0.893 bits per heavy atom. The molecule has 1 saturated heterocycles. The highest BCUT2D eigenvalue weighted by Gasteiger charge is 2.25. The molecule has 0 radical (unpaired) electrons. The van der Waals surface area contributed by atoms with Gasteiger partial charge in [0.25, 0.3) is 0 Å². The Bertz CT molecular complexity index is 786. The monoisotopic (exact) mass is 382 g/mol. The summed E-state index contributed by atoms with van der Waals surface area (Å²) in [5.74, 6) is 0.907. The van der Waals surface area contributed by atoms with Gasteiger partial charge in [0.2, 0.25) is 5.91 Å². The van der Waals surface area contributed by atoms with E-state index in [9.17, 15) is 9.59 Å². The molecule has 1 aliphatic heterocycles. The Balaban J connectivity index is 1.41. The molecule has 2 aromatic rings. The first-order valence-electron chi connectivity index (χ1n) is 9.52. The number of aryl methyl sites for hydroxylation is 1. The molecule has 6 heteroatoms. The van der Waals surface area contributed by atoms with Gasteiger partial charge < -0.3 is 19.3 Å². The predicted molar refractivity (Wildman–Crippen MR) is 106 cm³/mol. The zero-order valence-corrected chi connectivity index (χ0v) is 16.2. The number of carbonyl (C=O) groups is 2. The molecule has 1 fully saturated rings. The second-order valence-corrected chi connectivity index (χ2v) is 6.72. The lowest BCUT2D eigenvalue weighted by molar-refractivity contribution is -0.132. The quantitative estimate of drug-likeness (QED) is 0.770. The van der Waals surface area contributed by atoms with E-state index in [1.54, 1.807) is 12.0 Å². The first-order chi connectivity index (χ1) is 13.7. The van der Waals surface area contributed by atoms with Gasteiger partial charge in [0.05, 0.1) is 7.11 Å². The van der Waals surface area contributed by atoms with Crippen molar-refractivity contribution < 1.29 is 19.1 Å². The summed E-state index contributed by atoms with van der Waals surface area (Å²) < 4.78 is 10.7. The van der Waals surface area contributed by atoms with Crippen molar-refractivity contribution in [2.75, 3.05) is 33.3 Å². The Kier molecular flexibility index (Phi) is 6.89. The average Bonchev–Trinajstić information content (AvgIpc) is 2.76. The minimum atomic E-state index is -0.329. The van der Waals surface area contributed by atoms with Crippen molar-refractivity contribution in [3.63, 3.8) is 0 Å². The molecule has 1 heterocycles. The minimum Gasteiger partial charge on any atom is -0.496 e. The fourth-order valence-electron chi connectivity index (χ4n) is 3.26. The number of benzene rings is 2. The molecule has 0 spiro atoms. The maximum Gasteiger partial charge on any atom is 0.410 e. The lowest BCUT2D eigenvalue weighted by Gasteiger charge is -2.34. The second kappa shape index (κ2) is 9.78. The van der Waals surface area contributed by atoms with Gasteiger partial charge in [0, 0.05) is 32.6 Å². The van der Waals surface area contributed by atoms with E-state index in [-0.39, 0.29) is 18.6 Å². The van der Waals surface area contributed by atoms with E-state index in [0.29, 0.717) is 39.0 Å². The van der Waals surface area contributed by atoms with Gasteiger partial charge in [-0.25, -0.2) is 4.79 Å². The third-order valence-corrected chi connectivity index (χ3v) is 4.90. The molecule has 2 amide bonds. The van der Waals surface area contributed by atoms with Crippen molar-refractivity contribution in [3.8, 4) is 5.75 Å². The second-order valence-electron chi connectivity index (χ2n) is 6.72. The summed E-state index contributed by atoms with van der Waals surface area (Å²) >= 11 is 0. The molecule has 148 valence electrons.